The zero-order valence-electron chi connectivity index (χ0n) is 19.1. The van der Waals surface area contributed by atoms with Crippen LogP contribution in [0.4, 0.5) is 13.2 Å². The molecule has 180 valence electrons. The van der Waals surface area contributed by atoms with Gasteiger partial charge in [0.15, 0.2) is 5.69 Å². The van der Waals surface area contributed by atoms with Crippen LogP contribution in [0.25, 0.3) is 17.0 Å². The Balaban J connectivity index is 1.40. The Hall–Kier alpha value is -3.94. The molecular weight excluding hydrogens is 455 g/mol. The van der Waals surface area contributed by atoms with Gasteiger partial charge in [-0.15, -0.1) is 0 Å². The van der Waals surface area contributed by atoms with E-state index in [1.54, 1.807) is 0 Å². The molecule has 0 aliphatic carbocycles. The van der Waals surface area contributed by atoms with Crippen LogP contribution < -0.4 is 9.47 Å². The summed E-state index contributed by atoms with van der Waals surface area (Å²) in [7, 11) is 0. The van der Waals surface area contributed by atoms with Gasteiger partial charge < -0.3 is 9.47 Å². The molecular formula is C27H24F3N3O2. The third-order valence-electron chi connectivity index (χ3n) is 5.31. The van der Waals surface area contributed by atoms with Crippen molar-refractivity contribution < 1.29 is 22.6 Å². The molecule has 4 rings (SSSR count). The van der Waals surface area contributed by atoms with Crippen molar-refractivity contribution >= 4 is 17.0 Å². The summed E-state index contributed by atoms with van der Waals surface area (Å²) < 4.78 is 49.8. The topological polar surface area (TPSA) is 57.1 Å². The summed E-state index contributed by atoms with van der Waals surface area (Å²) in [4.78, 5) is 11.7. The van der Waals surface area contributed by atoms with Crippen LogP contribution in [0.15, 0.2) is 73.1 Å². The SMILES string of the molecule is Cc1c(C=CCCCOc2cc(C(F)(F)F)ncn2)nc2ccccc2c1OCc1ccccc1. The minimum Gasteiger partial charge on any atom is -0.488 e. The van der Waals surface area contributed by atoms with Crippen molar-refractivity contribution in [1.82, 2.24) is 15.0 Å². The van der Waals surface area contributed by atoms with Crippen LogP contribution in [0.2, 0.25) is 0 Å². The number of halogens is 3. The molecule has 0 unspecified atom stereocenters. The molecule has 5 nitrogen and oxygen atoms in total. The lowest BCUT2D eigenvalue weighted by molar-refractivity contribution is -0.141. The van der Waals surface area contributed by atoms with Crippen molar-refractivity contribution in [1.29, 1.82) is 0 Å². The summed E-state index contributed by atoms with van der Waals surface area (Å²) in [5.74, 6) is 0.704. The summed E-state index contributed by atoms with van der Waals surface area (Å²) >= 11 is 0. The first-order valence-corrected chi connectivity index (χ1v) is 11.2. The lowest BCUT2D eigenvalue weighted by atomic mass is 10.1. The van der Waals surface area contributed by atoms with Gasteiger partial charge in [-0.2, -0.15) is 13.2 Å². The Kier molecular flexibility index (Phi) is 7.60. The second-order valence-electron chi connectivity index (χ2n) is 7.87. The average molecular weight is 480 g/mol. The zero-order chi connectivity index (χ0) is 24.7. The standard InChI is InChI=1S/C27H24F3N3O2/c1-19-22(13-6-3-9-15-34-25-16-24(27(28,29)30)31-18-32-25)33-23-14-8-7-12-21(23)26(19)35-17-20-10-4-2-5-11-20/h2,4-8,10-14,16,18H,3,9,15,17H2,1H3. The Bertz CT molecular complexity index is 1310. The zero-order valence-corrected chi connectivity index (χ0v) is 19.1. The van der Waals surface area contributed by atoms with Gasteiger partial charge in [0.05, 0.1) is 17.8 Å². The Morgan fingerprint density at radius 2 is 1.71 bits per heavy atom. The molecule has 2 aromatic carbocycles. The molecule has 0 atom stereocenters. The van der Waals surface area contributed by atoms with Gasteiger partial charge >= 0.3 is 6.18 Å². The number of rotatable bonds is 9. The molecule has 2 heterocycles. The van der Waals surface area contributed by atoms with Crippen LogP contribution >= 0.6 is 0 Å². The molecule has 0 amide bonds. The molecule has 0 spiro atoms. The number of unbranched alkanes of at least 4 members (excludes halogenated alkanes) is 1. The number of alkyl halides is 3. The van der Waals surface area contributed by atoms with Gasteiger partial charge in [-0.25, -0.2) is 15.0 Å². The summed E-state index contributed by atoms with van der Waals surface area (Å²) in [6.07, 6.45) is 1.48. The predicted octanol–water partition coefficient (Wildman–Crippen LogP) is 6.80. The second-order valence-corrected chi connectivity index (χ2v) is 7.87. The van der Waals surface area contributed by atoms with Crippen molar-refractivity contribution in [3.05, 3.63) is 95.6 Å². The monoisotopic (exact) mass is 479 g/mol. The number of ether oxygens (including phenoxy) is 2. The molecule has 0 N–H and O–H groups in total. The van der Waals surface area contributed by atoms with Gasteiger partial charge in [0.1, 0.15) is 18.7 Å². The van der Waals surface area contributed by atoms with Crippen LogP contribution in [-0.2, 0) is 12.8 Å². The molecule has 4 aromatic rings. The summed E-state index contributed by atoms with van der Waals surface area (Å²) in [6.45, 7) is 2.67. The van der Waals surface area contributed by atoms with E-state index in [2.05, 4.69) is 9.97 Å². The molecule has 35 heavy (non-hydrogen) atoms. The number of hydrogen-bond donors (Lipinski definition) is 0. The fraction of sp³-hybridized carbons (Fsp3) is 0.222. The highest BCUT2D eigenvalue weighted by Gasteiger charge is 2.33. The fourth-order valence-electron chi connectivity index (χ4n) is 3.52. The highest BCUT2D eigenvalue weighted by Crippen LogP contribution is 2.32. The molecule has 0 saturated carbocycles. The Morgan fingerprint density at radius 1 is 0.943 bits per heavy atom. The first-order valence-electron chi connectivity index (χ1n) is 11.2. The minimum absolute atomic E-state index is 0.0939. The van der Waals surface area contributed by atoms with E-state index in [9.17, 15) is 13.2 Å². The van der Waals surface area contributed by atoms with E-state index in [0.717, 1.165) is 45.9 Å². The first-order chi connectivity index (χ1) is 16.9. The van der Waals surface area contributed by atoms with Gasteiger partial charge in [-0.3, -0.25) is 0 Å². The smallest absolute Gasteiger partial charge is 0.433 e. The van der Waals surface area contributed by atoms with E-state index < -0.39 is 11.9 Å². The van der Waals surface area contributed by atoms with Gasteiger partial charge in [-0.1, -0.05) is 48.5 Å². The van der Waals surface area contributed by atoms with Crippen LogP contribution in [0.5, 0.6) is 11.6 Å². The molecule has 0 radical (unpaired) electrons. The molecule has 0 aliphatic heterocycles. The van der Waals surface area contributed by atoms with Crippen molar-refractivity contribution in [3.63, 3.8) is 0 Å². The Labute approximate surface area is 201 Å². The van der Waals surface area contributed by atoms with Gasteiger partial charge in [0.25, 0.3) is 0 Å². The average Bonchev–Trinajstić information content (AvgIpc) is 2.86. The van der Waals surface area contributed by atoms with Crippen LogP contribution in [-0.4, -0.2) is 21.6 Å². The Morgan fingerprint density at radius 3 is 2.51 bits per heavy atom. The van der Waals surface area contributed by atoms with Gasteiger partial charge in [-0.05, 0) is 43.5 Å². The van der Waals surface area contributed by atoms with Crippen molar-refractivity contribution in [2.45, 2.75) is 32.5 Å². The number of allylic oxidation sites excluding steroid dienone is 1. The van der Waals surface area contributed by atoms with Crippen LogP contribution in [0, 0.1) is 6.92 Å². The van der Waals surface area contributed by atoms with Crippen LogP contribution in [0.1, 0.15) is 35.4 Å². The summed E-state index contributed by atoms with van der Waals surface area (Å²) in [6, 6.07) is 18.6. The maximum absolute atomic E-state index is 12.7. The maximum atomic E-state index is 12.7. The lowest BCUT2D eigenvalue weighted by Gasteiger charge is -2.14. The quantitative estimate of drug-likeness (QED) is 0.247. The van der Waals surface area contributed by atoms with Crippen molar-refractivity contribution in [3.8, 4) is 11.6 Å². The maximum Gasteiger partial charge on any atom is 0.433 e. The highest BCUT2D eigenvalue weighted by atomic mass is 19.4. The number of fused-ring (bicyclic) bond motifs is 1. The van der Waals surface area contributed by atoms with Crippen LogP contribution in [0.3, 0.4) is 0 Å². The second kappa shape index (κ2) is 11.0. The first kappa shape index (κ1) is 24.2. The van der Waals surface area contributed by atoms with E-state index in [1.807, 2.05) is 73.7 Å². The molecule has 8 heteroatoms. The largest absolute Gasteiger partial charge is 0.488 e. The number of aromatic nitrogens is 3. The van der Waals surface area contributed by atoms with E-state index >= 15 is 0 Å². The van der Waals surface area contributed by atoms with E-state index in [4.69, 9.17) is 14.5 Å². The molecule has 2 aromatic heterocycles. The van der Waals surface area contributed by atoms with Crippen molar-refractivity contribution in [2.75, 3.05) is 6.61 Å². The number of hydrogen-bond acceptors (Lipinski definition) is 5. The third kappa shape index (κ3) is 6.35. The number of pyridine rings is 1. The molecule has 0 fully saturated rings. The van der Waals surface area contributed by atoms with E-state index in [-0.39, 0.29) is 12.5 Å². The third-order valence-corrected chi connectivity index (χ3v) is 5.31. The fourth-order valence-corrected chi connectivity index (χ4v) is 3.52. The summed E-state index contributed by atoms with van der Waals surface area (Å²) in [5.41, 5.74) is 2.64. The molecule has 0 bridgehead atoms. The number of benzene rings is 2. The van der Waals surface area contributed by atoms with E-state index in [0.29, 0.717) is 19.4 Å². The predicted molar refractivity (Wildman–Crippen MR) is 128 cm³/mol. The number of para-hydroxylation sites is 1. The molecule has 0 aliphatic rings. The van der Waals surface area contributed by atoms with Gasteiger partial charge in [0.2, 0.25) is 5.88 Å². The normalized spacial score (nSPS) is 11.8. The summed E-state index contributed by atoms with van der Waals surface area (Å²) in [5, 5.41) is 0.953. The van der Waals surface area contributed by atoms with Gasteiger partial charge in [0, 0.05) is 17.0 Å². The van der Waals surface area contributed by atoms with Crippen molar-refractivity contribution in [2.24, 2.45) is 0 Å². The molecule has 0 saturated heterocycles. The lowest BCUT2D eigenvalue weighted by Crippen LogP contribution is -2.09. The number of nitrogens with zero attached hydrogens (tertiary/aromatic N) is 3. The highest BCUT2D eigenvalue weighted by molar-refractivity contribution is 5.88. The minimum atomic E-state index is -4.53. The van der Waals surface area contributed by atoms with E-state index in [1.165, 1.54) is 0 Å².